The highest BCUT2D eigenvalue weighted by molar-refractivity contribution is 5.86. The number of carbonyl (C=O) groups excluding carboxylic acids is 1. The molecular weight excluding hydrogens is 304 g/mol. The Morgan fingerprint density at radius 1 is 1.21 bits per heavy atom. The Morgan fingerprint density at radius 3 is 2.62 bits per heavy atom. The third-order valence-corrected chi connectivity index (χ3v) is 5.62. The van der Waals surface area contributed by atoms with Gasteiger partial charge in [-0.2, -0.15) is 5.10 Å². The number of aromatic nitrogens is 4. The number of aryl methyl sites for hydroxylation is 1. The van der Waals surface area contributed by atoms with E-state index in [1.807, 2.05) is 25.2 Å². The summed E-state index contributed by atoms with van der Waals surface area (Å²) < 4.78 is 1.78. The highest BCUT2D eigenvalue weighted by Crippen LogP contribution is 2.31. The van der Waals surface area contributed by atoms with Crippen LogP contribution in [0.2, 0.25) is 0 Å². The summed E-state index contributed by atoms with van der Waals surface area (Å²) in [5.74, 6) is 1.58. The minimum absolute atomic E-state index is 0.282. The Hall–Kier alpha value is -2.18. The first-order chi connectivity index (χ1) is 11.6. The molecule has 0 bridgehead atoms. The van der Waals surface area contributed by atoms with Crippen molar-refractivity contribution in [2.75, 3.05) is 25.0 Å². The minimum atomic E-state index is 0.282. The van der Waals surface area contributed by atoms with Crippen LogP contribution in [0.3, 0.4) is 0 Å². The maximum atomic E-state index is 12.4. The van der Waals surface area contributed by atoms with Crippen LogP contribution in [-0.4, -0.2) is 56.7 Å². The van der Waals surface area contributed by atoms with E-state index in [0.29, 0.717) is 11.9 Å². The van der Waals surface area contributed by atoms with Crippen LogP contribution >= 0.6 is 0 Å². The largest absolute Gasteiger partial charge is 0.356 e. The third kappa shape index (κ3) is 2.52. The van der Waals surface area contributed by atoms with Gasteiger partial charge in [0.2, 0.25) is 5.91 Å². The van der Waals surface area contributed by atoms with Crippen molar-refractivity contribution >= 4 is 22.8 Å². The Balaban J connectivity index is 1.44. The molecule has 3 heterocycles. The number of carbonyl (C=O) groups is 1. The lowest BCUT2D eigenvalue weighted by molar-refractivity contribution is -0.139. The van der Waals surface area contributed by atoms with Crippen molar-refractivity contribution in [3.05, 3.63) is 12.5 Å². The summed E-state index contributed by atoms with van der Waals surface area (Å²) in [4.78, 5) is 25.5. The number of nitrogens with zero attached hydrogens (tertiary/aromatic N) is 6. The zero-order chi connectivity index (χ0) is 16.7. The number of piperidine rings is 1. The fourth-order valence-electron chi connectivity index (χ4n) is 3.79. The van der Waals surface area contributed by atoms with Crippen LogP contribution in [0.15, 0.2) is 12.5 Å². The molecule has 1 amide bonds. The van der Waals surface area contributed by atoms with Gasteiger partial charge < -0.3 is 9.80 Å². The first-order valence-corrected chi connectivity index (χ1v) is 8.79. The van der Waals surface area contributed by atoms with Crippen LogP contribution in [0.4, 0.5) is 5.82 Å². The van der Waals surface area contributed by atoms with Gasteiger partial charge in [0.25, 0.3) is 0 Å². The second kappa shape index (κ2) is 6.03. The molecule has 2 aliphatic rings. The molecule has 1 saturated heterocycles. The van der Waals surface area contributed by atoms with Gasteiger partial charge in [0.15, 0.2) is 5.65 Å². The molecule has 0 unspecified atom stereocenters. The average molecular weight is 328 g/mol. The lowest BCUT2D eigenvalue weighted by Crippen LogP contribution is -2.48. The van der Waals surface area contributed by atoms with E-state index in [1.165, 1.54) is 6.42 Å². The van der Waals surface area contributed by atoms with Gasteiger partial charge in [-0.3, -0.25) is 9.48 Å². The maximum absolute atomic E-state index is 12.4. The van der Waals surface area contributed by atoms with Crippen molar-refractivity contribution in [1.82, 2.24) is 24.6 Å². The van der Waals surface area contributed by atoms with E-state index in [9.17, 15) is 4.79 Å². The second-order valence-electron chi connectivity index (χ2n) is 7.00. The molecule has 0 radical (unpaired) electrons. The fraction of sp³-hybridized carbons (Fsp3) is 0.647. The van der Waals surface area contributed by atoms with Crippen molar-refractivity contribution in [3.63, 3.8) is 0 Å². The topological polar surface area (TPSA) is 67.2 Å². The van der Waals surface area contributed by atoms with E-state index in [-0.39, 0.29) is 5.92 Å². The molecule has 24 heavy (non-hydrogen) atoms. The number of hydrogen-bond donors (Lipinski definition) is 0. The van der Waals surface area contributed by atoms with Gasteiger partial charge in [-0.1, -0.05) is 6.42 Å². The first kappa shape index (κ1) is 15.4. The van der Waals surface area contributed by atoms with Crippen LogP contribution in [0.5, 0.6) is 0 Å². The average Bonchev–Trinajstić information content (AvgIpc) is 2.94. The summed E-state index contributed by atoms with van der Waals surface area (Å²) in [6.07, 6.45) is 8.77. The lowest BCUT2D eigenvalue weighted by atomic mass is 9.84. The van der Waals surface area contributed by atoms with Gasteiger partial charge in [0.1, 0.15) is 12.1 Å². The molecule has 7 heteroatoms. The summed E-state index contributed by atoms with van der Waals surface area (Å²) >= 11 is 0. The monoisotopic (exact) mass is 328 g/mol. The number of fused-ring (bicyclic) bond motifs is 1. The minimum Gasteiger partial charge on any atom is -0.356 e. The molecule has 4 rings (SSSR count). The molecule has 2 aromatic heterocycles. The van der Waals surface area contributed by atoms with Gasteiger partial charge in [0, 0.05) is 39.1 Å². The van der Waals surface area contributed by atoms with Crippen molar-refractivity contribution < 1.29 is 4.79 Å². The van der Waals surface area contributed by atoms with Crippen LogP contribution in [-0.2, 0) is 11.8 Å². The standard InChI is InChI=1S/C17H24N6O/c1-21(17(24)12-4-3-5-12)13-6-8-23(9-7-13)16-14-10-20-22(2)15(14)18-11-19-16/h10-13H,3-9H2,1-2H3. The smallest absolute Gasteiger partial charge is 0.225 e. The normalized spacial score (nSPS) is 19.5. The zero-order valence-electron chi connectivity index (χ0n) is 14.4. The highest BCUT2D eigenvalue weighted by atomic mass is 16.2. The van der Waals surface area contributed by atoms with Gasteiger partial charge in [0.05, 0.1) is 11.6 Å². The SMILES string of the molecule is CN(C(=O)C1CCC1)C1CCN(c2ncnc3c2cnn3C)CC1. The van der Waals surface area contributed by atoms with Crippen molar-refractivity contribution in [2.45, 2.75) is 38.1 Å². The molecular formula is C17H24N6O. The van der Waals surface area contributed by atoms with E-state index < -0.39 is 0 Å². The van der Waals surface area contributed by atoms with E-state index in [0.717, 1.165) is 55.6 Å². The van der Waals surface area contributed by atoms with E-state index in [1.54, 1.807) is 11.0 Å². The van der Waals surface area contributed by atoms with Gasteiger partial charge >= 0.3 is 0 Å². The fourth-order valence-corrected chi connectivity index (χ4v) is 3.79. The van der Waals surface area contributed by atoms with Crippen LogP contribution < -0.4 is 4.90 Å². The van der Waals surface area contributed by atoms with Crippen LogP contribution in [0.25, 0.3) is 11.0 Å². The van der Waals surface area contributed by atoms with Gasteiger partial charge in [-0.05, 0) is 25.7 Å². The van der Waals surface area contributed by atoms with E-state index in [2.05, 4.69) is 20.0 Å². The second-order valence-corrected chi connectivity index (χ2v) is 7.00. The molecule has 128 valence electrons. The maximum Gasteiger partial charge on any atom is 0.225 e. The number of amides is 1. The predicted octanol–water partition coefficient (Wildman–Crippen LogP) is 1.59. The number of anilines is 1. The molecule has 0 spiro atoms. The molecule has 1 aliphatic heterocycles. The molecule has 2 aromatic rings. The summed E-state index contributed by atoms with van der Waals surface area (Å²) in [6.45, 7) is 1.82. The summed E-state index contributed by atoms with van der Waals surface area (Å²) in [6, 6.07) is 0.348. The lowest BCUT2D eigenvalue weighted by Gasteiger charge is -2.39. The van der Waals surface area contributed by atoms with E-state index in [4.69, 9.17) is 0 Å². The molecule has 0 atom stereocenters. The first-order valence-electron chi connectivity index (χ1n) is 8.79. The van der Waals surface area contributed by atoms with Gasteiger partial charge in [-0.25, -0.2) is 9.97 Å². The Bertz CT molecular complexity index is 745. The molecule has 7 nitrogen and oxygen atoms in total. The molecule has 0 N–H and O–H groups in total. The summed E-state index contributed by atoms with van der Waals surface area (Å²) in [5.41, 5.74) is 0.861. The molecule has 1 saturated carbocycles. The zero-order valence-corrected chi connectivity index (χ0v) is 14.4. The molecule has 0 aromatic carbocycles. The predicted molar refractivity (Wildman–Crippen MR) is 91.7 cm³/mol. The molecule has 1 aliphatic carbocycles. The van der Waals surface area contributed by atoms with Crippen molar-refractivity contribution in [3.8, 4) is 0 Å². The van der Waals surface area contributed by atoms with E-state index >= 15 is 0 Å². The molecule has 2 fully saturated rings. The van der Waals surface area contributed by atoms with Crippen LogP contribution in [0, 0.1) is 5.92 Å². The summed E-state index contributed by atoms with van der Waals surface area (Å²) in [5, 5.41) is 5.28. The quantitative estimate of drug-likeness (QED) is 0.856. The van der Waals surface area contributed by atoms with Crippen LogP contribution in [0.1, 0.15) is 32.1 Å². The Morgan fingerprint density at radius 2 is 1.96 bits per heavy atom. The number of rotatable bonds is 3. The Labute approximate surface area is 141 Å². The van der Waals surface area contributed by atoms with Gasteiger partial charge in [-0.15, -0.1) is 0 Å². The Kier molecular flexibility index (Phi) is 3.86. The third-order valence-electron chi connectivity index (χ3n) is 5.62. The highest BCUT2D eigenvalue weighted by Gasteiger charge is 2.33. The van der Waals surface area contributed by atoms with Crippen molar-refractivity contribution in [1.29, 1.82) is 0 Å². The number of hydrogen-bond acceptors (Lipinski definition) is 5. The van der Waals surface area contributed by atoms with Crippen molar-refractivity contribution in [2.24, 2.45) is 13.0 Å². The summed E-state index contributed by atoms with van der Waals surface area (Å²) in [7, 11) is 3.87.